The van der Waals surface area contributed by atoms with Gasteiger partial charge >= 0.3 is 0 Å². The Bertz CT molecular complexity index is 1150. The Balaban J connectivity index is 1.35. The maximum atomic E-state index is 5.51. The fourth-order valence-electron chi connectivity index (χ4n) is 4.26. The third-order valence-corrected chi connectivity index (χ3v) is 8.60. The van der Waals surface area contributed by atoms with Crippen molar-refractivity contribution in [2.75, 3.05) is 7.11 Å². The maximum Gasteiger partial charge on any atom is 0.191 e. The van der Waals surface area contributed by atoms with Crippen LogP contribution in [0.25, 0.3) is 10.6 Å². The topological polar surface area (TPSA) is 52.8 Å². The molecule has 5 rings (SSSR count). The van der Waals surface area contributed by atoms with Gasteiger partial charge in [-0.2, -0.15) is 0 Å². The number of hydrogen-bond donors (Lipinski definition) is 0. The van der Waals surface area contributed by atoms with Crippen molar-refractivity contribution in [1.29, 1.82) is 0 Å². The van der Waals surface area contributed by atoms with Gasteiger partial charge in [-0.3, -0.25) is 0 Å². The van der Waals surface area contributed by atoms with E-state index in [0.717, 1.165) is 45.2 Å². The lowest BCUT2D eigenvalue weighted by Crippen LogP contribution is -2.16. The van der Waals surface area contributed by atoms with Crippen LogP contribution in [0.15, 0.2) is 52.3 Å². The molecule has 5 nitrogen and oxygen atoms in total. The zero-order valence-corrected chi connectivity index (χ0v) is 20.5. The van der Waals surface area contributed by atoms with Crippen LogP contribution in [-0.4, -0.2) is 26.9 Å². The molecule has 0 N–H and O–H groups in total. The summed E-state index contributed by atoms with van der Waals surface area (Å²) < 4.78 is 7.94. The summed E-state index contributed by atoms with van der Waals surface area (Å²) >= 11 is 5.20. The first-order valence-corrected chi connectivity index (χ1v) is 13.7. The van der Waals surface area contributed by atoms with Gasteiger partial charge in [0.25, 0.3) is 0 Å². The van der Waals surface area contributed by atoms with Gasteiger partial charge in [0.15, 0.2) is 5.16 Å². The SMILES string of the molecule is COc1ccccc1-c1nc(CSc2nnc(Cc3cccs3)n2C2CCCCC2)cs1. The van der Waals surface area contributed by atoms with E-state index >= 15 is 0 Å². The molecule has 3 aromatic heterocycles. The van der Waals surface area contributed by atoms with Gasteiger partial charge in [-0.05, 0) is 36.4 Å². The molecule has 1 aliphatic rings. The molecule has 1 aliphatic carbocycles. The number of para-hydroxylation sites is 1. The van der Waals surface area contributed by atoms with E-state index < -0.39 is 0 Å². The second kappa shape index (κ2) is 10.2. The number of ether oxygens (including phenoxy) is 1. The molecular formula is C24H26N4OS3. The van der Waals surface area contributed by atoms with Gasteiger partial charge in [-0.15, -0.1) is 32.9 Å². The molecule has 0 bridgehead atoms. The fraction of sp³-hybridized carbons (Fsp3) is 0.375. The summed E-state index contributed by atoms with van der Waals surface area (Å²) in [7, 11) is 1.70. The van der Waals surface area contributed by atoms with Gasteiger partial charge in [0, 0.05) is 28.5 Å². The summed E-state index contributed by atoms with van der Waals surface area (Å²) in [6.45, 7) is 0. The van der Waals surface area contributed by atoms with Crippen molar-refractivity contribution in [2.24, 2.45) is 0 Å². The van der Waals surface area contributed by atoms with Crippen LogP contribution in [0.3, 0.4) is 0 Å². The first kappa shape index (κ1) is 21.7. The van der Waals surface area contributed by atoms with Gasteiger partial charge in [0.2, 0.25) is 0 Å². The van der Waals surface area contributed by atoms with Gasteiger partial charge in [0.1, 0.15) is 16.6 Å². The zero-order valence-electron chi connectivity index (χ0n) is 18.1. The third-order valence-electron chi connectivity index (χ3n) is 5.83. The number of hydrogen-bond acceptors (Lipinski definition) is 7. The predicted molar refractivity (Wildman–Crippen MR) is 133 cm³/mol. The lowest BCUT2D eigenvalue weighted by molar-refractivity contribution is 0.330. The molecule has 8 heteroatoms. The Morgan fingerprint density at radius 2 is 1.94 bits per heavy atom. The quantitative estimate of drug-likeness (QED) is 0.257. The summed E-state index contributed by atoms with van der Waals surface area (Å²) in [5.74, 6) is 2.74. The first-order chi connectivity index (χ1) is 15.8. The Labute approximate surface area is 200 Å². The molecule has 0 radical (unpaired) electrons. The summed E-state index contributed by atoms with van der Waals surface area (Å²) in [4.78, 5) is 6.22. The zero-order chi connectivity index (χ0) is 21.8. The molecule has 0 saturated heterocycles. The summed E-state index contributed by atoms with van der Waals surface area (Å²) in [6.07, 6.45) is 7.22. The van der Waals surface area contributed by atoms with Crippen molar-refractivity contribution in [3.05, 3.63) is 63.6 Å². The van der Waals surface area contributed by atoms with Gasteiger partial charge in [-0.25, -0.2) is 4.98 Å². The monoisotopic (exact) mass is 482 g/mol. The smallest absolute Gasteiger partial charge is 0.191 e. The van der Waals surface area contributed by atoms with E-state index in [1.165, 1.54) is 37.0 Å². The largest absolute Gasteiger partial charge is 0.496 e. The summed E-state index contributed by atoms with van der Waals surface area (Å²) in [5.41, 5.74) is 2.11. The minimum atomic E-state index is 0.510. The van der Waals surface area contributed by atoms with Gasteiger partial charge in [-0.1, -0.05) is 49.2 Å². The van der Waals surface area contributed by atoms with Crippen LogP contribution in [0, 0.1) is 0 Å². The van der Waals surface area contributed by atoms with Crippen LogP contribution in [0.2, 0.25) is 0 Å². The van der Waals surface area contributed by atoms with E-state index in [1.54, 1.807) is 41.5 Å². The van der Waals surface area contributed by atoms with E-state index in [2.05, 4.69) is 43.7 Å². The highest BCUT2D eigenvalue weighted by Crippen LogP contribution is 2.36. The standard InChI is InChI=1S/C24H26N4OS3/c1-29-21-12-6-5-11-20(21)23-25-17(15-31-23)16-32-24-27-26-22(14-19-10-7-13-30-19)28(24)18-8-3-2-4-9-18/h5-7,10-13,15,18H,2-4,8-9,14,16H2,1H3. The van der Waals surface area contributed by atoms with Crippen molar-refractivity contribution >= 4 is 34.4 Å². The van der Waals surface area contributed by atoms with Gasteiger partial charge in [0.05, 0.1) is 18.4 Å². The molecule has 4 aromatic rings. The number of thiazole rings is 1. The van der Waals surface area contributed by atoms with E-state index in [4.69, 9.17) is 9.72 Å². The molecule has 0 atom stereocenters. The van der Waals surface area contributed by atoms with Crippen molar-refractivity contribution in [2.45, 2.75) is 55.5 Å². The Morgan fingerprint density at radius 3 is 2.75 bits per heavy atom. The average Bonchev–Trinajstić information content (AvgIpc) is 3.60. The maximum absolute atomic E-state index is 5.51. The van der Waals surface area contributed by atoms with Crippen molar-refractivity contribution in [3.63, 3.8) is 0 Å². The lowest BCUT2D eigenvalue weighted by Gasteiger charge is -2.25. The lowest BCUT2D eigenvalue weighted by atomic mass is 9.95. The van der Waals surface area contributed by atoms with Crippen LogP contribution < -0.4 is 4.74 Å². The molecule has 0 unspecified atom stereocenters. The fourth-order valence-corrected chi connectivity index (χ4v) is 6.83. The second-order valence-corrected chi connectivity index (χ2v) is 10.8. The van der Waals surface area contributed by atoms with Crippen molar-refractivity contribution in [3.8, 4) is 16.3 Å². The number of benzene rings is 1. The van der Waals surface area contributed by atoms with E-state index in [-0.39, 0.29) is 0 Å². The second-order valence-electron chi connectivity index (χ2n) is 7.95. The molecule has 1 saturated carbocycles. The van der Waals surface area contributed by atoms with Crippen LogP contribution in [-0.2, 0) is 12.2 Å². The molecular weight excluding hydrogens is 456 g/mol. The molecule has 166 valence electrons. The van der Waals surface area contributed by atoms with Crippen LogP contribution in [0.5, 0.6) is 5.75 Å². The molecule has 1 fully saturated rings. The molecule has 0 amide bonds. The molecule has 1 aromatic carbocycles. The number of rotatable bonds is 8. The average molecular weight is 483 g/mol. The minimum Gasteiger partial charge on any atom is -0.496 e. The summed E-state index contributed by atoms with van der Waals surface area (Å²) in [6, 6.07) is 12.9. The van der Waals surface area contributed by atoms with Crippen LogP contribution >= 0.6 is 34.4 Å². The number of thiophene rings is 1. The molecule has 0 spiro atoms. The number of thioether (sulfide) groups is 1. The first-order valence-electron chi connectivity index (χ1n) is 11.0. The van der Waals surface area contributed by atoms with Crippen molar-refractivity contribution in [1.82, 2.24) is 19.7 Å². The Morgan fingerprint density at radius 1 is 1.06 bits per heavy atom. The van der Waals surface area contributed by atoms with E-state index in [1.807, 2.05) is 18.2 Å². The Hall–Kier alpha value is -2.16. The molecule has 32 heavy (non-hydrogen) atoms. The van der Waals surface area contributed by atoms with Crippen LogP contribution in [0.4, 0.5) is 0 Å². The highest BCUT2D eigenvalue weighted by atomic mass is 32.2. The predicted octanol–water partition coefficient (Wildman–Crippen LogP) is 6.86. The Kier molecular flexibility index (Phi) is 6.90. The number of methoxy groups -OCH3 is 1. The molecule has 0 aliphatic heterocycles. The normalized spacial score (nSPS) is 14.7. The summed E-state index contributed by atoms with van der Waals surface area (Å²) in [5, 5.41) is 15.5. The minimum absolute atomic E-state index is 0.510. The molecule has 3 heterocycles. The van der Waals surface area contributed by atoms with Gasteiger partial charge < -0.3 is 9.30 Å². The highest BCUT2D eigenvalue weighted by molar-refractivity contribution is 7.98. The highest BCUT2D eigenvalue weighted by Gasteiger charge is 2.23. The number of aromatic nitrogens is 4. The van der Waals surface area contributed by atoms with E-state index in [0.29, 0.717) is 6.04 Å². The number of nitrogens with zero attached hydrogens (tertiary/aromatic N) is 4. The van der Waals surface area contributed by atoms with E-state index in [9.17, 15) is 0 Å². The van der Waals surface area contributed by atoms with Crippen LogP contribution in [0.1, 0.15) is 54.5 Å². The third kappa shape index (κ3) is 4.77. The van der Waals surface area contributed by atoms with Crippen molar-refractivity contribution < 1.29 is 4.74 Å².